The SMILES string of the molecule is CC1(C)c2ccccc2-c2cc(-c3cccc4ccccc34)c(-c3cccc(-c4cccc(-c5nc(-c6ccccc6)nc(-c6cccc(-c7ccccc7)c6)n5)c4)c3)cc21. The Bertz CT molecular complexity index is 3270. The summed E-state index contributed by atoms with van der Waals surface area (Å²) in [6, 6.07) is 75.8. The predicted octanol–water partition coefficient (Wildman–Crippen LogP) is 15.0. The van der Waals surface area contributed by atoms with Gasteiger partial charge in [-0.15, -0.1) is 0 Å². The molecule has 0 aliphatic heterocycles. The Balaban J connectivity index is 1.04. The van der Waals surface area contributed by atoms with Gasteiger partial charge in [-0.25, -0.2) is 15.0 Å². The van der Waals surface area contributed by atoms with Crippen LogP contribution in [0.2, 0.25) is 0 Å². The quantitative estimate of drug-likeness (QED) is 0.162. The fourth-order valence-electron chi connectivity index (χ4n) is 9.19. The fourth-order valence-corrected chi connectivity index (χ4v) is 9.19. The molecule has 0 radical (unpaired) electrons. The number of rotatable bonds is 7. The first kappa shape index (κ1) is 36.3. The molecule has 0 atom stereocenters. The van der Waals surface area contributed by atoms with Crippen molar-refractivity contribution in [3.8, 4) is 89.8 Å². The van der Waals surface area contributed by atoms with Crippen molar-refractivity contribution in [1.82, 2.24) is 15.0 Å². The molecule has 288 valence electrons. The molecule has 1 aromatic heterocycles. The van der Waals surface area contributed by atoms with Gasteiger partial charge in [0.15, 0.2) is 17.5 Å². The molecule has 0 saturated carbocycles. The lowest BCUT2D eigenvalue weighted by Crippen LogP contribution is -2.15. The van der Waals surface area contributed by atoms with Gasteiger partial charge >= 0.3 is 0 Å². The maximum atomic E-state index is 5.15. The summed E-state index contributed by atoms with van der Waals surface area (Å²) in [4.78, 5) is 15.3. The molecule has 0 fully saturated rings. The van der Waals surface area contributed by atoms with Gasteiger partial charge in [0.05, 0.1) is 0 Å². The zero-order valence-electron chi connectivity index (χ0n) is 34.0. The highest BCUT2D eigenvalue weighted by molar-refractivity contribution is 6.03. The van der Waals surface area contributed by atoms with Gasteiger partial charge in [-0.2, -0.15) is 0 Å². The Morgan fingerprint density at radius 3 is 1.43 bits per heavy atom. The Hall–Kier alpha value is -7.75. The average molecular weight is 780 g/mol. The minimum atomic E-state index is -0.130. The van der Waals surface area contributed by atoms with Crippen LogP contribution in [0, 0.1) is 0 Å². The van der Waals surface area contributed by atoms with Crippen LogP contribution in [0.1, 0.15) is 25.0 Å². The van der Waals surface area contributed by atoms with Gasteiger partial charge in [-0.1, -0.05) is 196 Å². The summed E-state index contributed by atoms with van der Waals surface area (Å²) in [6.45, 7) is 4.72. The van der Waals surface area contributed by atoms with E-state index in [1.807, 2.05) is 24.3 Å². The van der Waals surface area contributed by atoms with Crippen LogP contribution >= 0.6 is 0 Å². The lowest BCUT2D eigenvalue weighted by molar-refractivity contribution is 0.660. The molecule has 0 spiro atoms. The van der Waals surface area contributed by atoms with E-state index < -0.39 is 0 Å². The van der Waals surface area contributed by atoms with E-state index in [0.717, 1.165) is 38.9 Å². The maximum Gasteiger partial charge on any atom is 0.164 e. The standard InChI is InChI=1S/C58H41N3/c1-58(2)53-32-12-11-30-49(53)52-36-51(48-31-16-22-39-19-9-10-29-47(39)48)50(37-54(52)58)44-26-13-24-42(33-44)43-25-15-28-46(35-43)57-60-55(40-20-7-4-8-21-40)59-56(61-57)45-27-14-23-41(34-45)38-17-5-3-6-18-38/h3-37H,1-2H3. The summed E-state index contributed by atoms with van der Waals surface area (Å²) < 4.78 is 0. The first-order valence-corrected chi connectivity index (χ1v) is 20.9. The molecule has 9 aromatic carbocycles. The molecule has 61 heavy (non-hydrogen) atoms. The van der Waals surface area contributed by atoms with Crippen LogP contribution in [0.4, 0.5) is 0 Å². The van der Waals surface area contributed by atoms with Gasteiger partial charge in [0.25, 0.3) is 0 Å². The molecule has 11 rings (SSSR count). The van der Waals surface area contributed by atoms with Crippen LogP contribution in [0.25, 0.3) is 101 Å². The van der Waals surface area contributed by atoms with E-state index in [0.29, 0.717) is 17.5 Å². The Labute approximate surface area is 356 Å². The van der Waals surface area contributed by atoms with E-state index in [9.17, 15) is 0 Å². The highest BCUT2D eigenvalue weighted by Crippen LogP contribution is 2.52. The highest BCUT2D eigenvalue weighted by Gasteiger charge is 2.36. The number of fused-ring (bicyclic) bond motifs is 4. The van der Waals surface area contributed by atoms with Crippen LogP contribution < -0.4 is 0 Å². The fraction of sp³-hybridized carbons (Fsp3) is 0.0517. The minimum absolute atomic E-state index is 0.130. The van der Waals surface area contributed by atoms with Crippen LogP contribution in [0.15, 0.2) is 212 Å². The molecule has 0 bridgehead atoms. The van der Waals surface area contributed by atoms with E-state index in [1.165, 1.54) is 55.3 Å². The zero-order chi connectivity index (χ0) is 40.9. The topological polar surface area (TPSA) is 38.7 Å². The van der Waals surface area contributed by atoms with Crippen molar-refractivity contribution in [2.45, 2.75) is 19.3 Å². The van der Waals surface area contributed by atoms with E-state index >= 15 is 0 Å². The van der Waals surface area contributed by atoms with E-state index in [4.69, 9.17) is 15.0 Å². The number of aromatic nitrogens is 3. The van der Waals surface area contributed by atoms with Crippen molar-refractivity contribution in [3.63, 3.8) is 0 Å². The number of benzene rings is 9. The molecule has 3 nitrogen and oxygen atoms in total. The molecule has 0 N–H and O–H groups in total. The van der Waals surface area contributed by atoms with Crippen molar-refractivity contribution in [3.05, 3.63) is 223 Å². The second-order valence-electron chi connectivity index (χ2n) is 16.4. The van der Waals surface area contributed by atoms with Crippen molar-refractivity contribution >= 4 is 10.8 Å². The van der Waals surface area contributed by atoms with Gasteiger partial charge in [-0.3, -0.25) is 0 Å². The van der Waals surface area contributed by atoms with Crippen molar-refractivity contribution in [1.29, 1.82) is 0 Å². The average Bonchev–Trinajstić information content (AvgIpc) is 3.56. The minimum Gasteiger partial charge on any atom is -0.208 e. The van der Waals surface area contributed by atoms with Crippen LogP contribution in [-0.4, -0.2) is 15.0 Å². The molecule has 0 amide bonds. The Morgan fingerprint density at radius 2 is 0.738 bits per heavy atom. The third kappa shape index (κ3) is 6.52. The normalized spacial score (nSPS) is 12.6. The lowest BCUT2D eigenvalue weighted by atomic mass is 9.80. The number of hydrogen-bond donors (Lipinski definition) is 0. The molecular formula is C58H41N3. The van der Waals surface area contributed by atoms with Gasteiger partial charge < -0.3 is 0 Å². The van der Waals surface area contributed by atoms with Crippen molar-refractivity contribution in [2.24, 2.45) is 0 Å². The Morgan fingerprint density at radius 1 is 0.279 bits per heavy atom. The molecule has 10 aromatic rings. The third-order valence-corrected chi connectivity index (χ3v) is 12.3. The van der Waals surface area contributed by atoms with Crippen LogP contribution in [-0.2, 0) is 5.41 Å². The smallest absolute Gasteiger partial charge is 0.164 e. The zero-order valence-corrected chi connectivity index (χ0v) is 34.0. The molecular weight excluding hydrogens is 739 g/mol. The van der Waals surface area contributed by atoms with Crippen LogP contribution in [0.3, 0.4) is 0 Å². The molecule has 1 aliphatic carbocycles. The summed E-state index contributed by atoms with van der Waals surface area (Å²) in [6.07, 6.45) is 0. The second-order valence-corrected chi connectivity index (χ2v) is 16.4. The first-order valence-electron chi connectivity index (χ1n) is 20.9. The molecule has 3 heteroatoms. The maximum absolute atomic E-state index is 5.15. The number of hydrogen-bond acceptors (Lipinski definition) is 3. The summed E-state index contributed by atoms with van der Waals surface area (Å²) in [5, 5.41) is 2.48. The van der Waals surface area contributed by atoms with Crippen molar-refractivity contribution < 1.29 is 0 Å². The van der Waals surface area contributed by atoms with Gasteiger partial charge in [0, 0.05) is 22.1 Å². The van der Waals surface area contributed by atoms with Gasteiger partial charge in [0.1, 0.15) is 0 Å². The summed E-state index contributed by atoms with van der Waals surface area (Å²) in [7, 11) is 0. The van der Waals surface area contributed by atoms with E-state index in [1.54, 1.807) is 0 Å². The van der Waals surface area contributed by atoms with E-state index in [2.05, 4.69) is 202 Å². The monoisotopic (exact) mass is 779 g/mol. The third-order valence-electron chi connectivity index (χ3n) is 12.3. The van der Waals surface area contributed by atoms with Crippen molar-refractivity contribution in [2.75, 3.05) is 0 Å². The summed E-state index contributed by atoms with van der Waals surface area (Å²) >= 11 is 0. The molecule has 0 saturated heterocycles. The molecule has 1 heterocycles. The second kappa shape index (κ2) is 14.8. The van der Waals surface area contributed by atoms with E-state index in [-0.39, 0.29) is 5.41 Å². The molecule has 1 aliphatic rings. The highest BCUT2D eigenvalue weighted by atomic mass is 15.0. The Kier molecular flexibility index (Phi) is 8.82. The molecule has 0 unspecified atom stereocenters. The van der Waals surface area contributed by atoms with Gasteiger partial charge in [-0.05, 0) is 108 Å². The van der Waals surface area contributed by atoms with Gasteiger partial charge in [0.2, 0.25) is 0 Å². The predicted molar refractivity (Wildman–Crippen MR) is 253 cm³/mol. The van der Waals surface area contributed by atoms with Crippen LogP contribution in [0.5, 0.6) is 0 Å². The largest absolute Gasteiger partial charge is 0.208 e. The first-order chi connectivity index (χ1) is 30.0. The summed E-state index contributed by atoms with van der Waals surface area (Å²) in [5.74, 6) is 1.91. The summed E-state index contributed by atoms with van der Waals surface area (Å²) in [5.41, 5.74) is 17.4. The number of nitrogens with zero attached hydrogens (tertiary/aromatic N) is 3. The lowest BCUT2D eigenvalue weighted by Gasteiger charge is -2.23.